The Bertz CT molecular complexity index is 616. The average molecular weight is 258 g/mol. The van der Waals surface area contributed by atoms with E-state index in [1.807, 2.05) is 0 Å². The van der Waals surface area contributed by atoms with Crippen LogP contribution >= 0.6 is 0 Å². The molecular weight excluding hydrogens is 236 g/mol. The van der Waals surface area contributed by atoms with Crippen LogP contribution in [0.1, 0.15) is 49.6 Å². The minimum atomic E-state index is -0.378. The van der Waals surface area contributed by atoms with E-state index in [0.717, 1.165) is 41.8 Å². The summed E-state index contributed by atoms with van der Waals surface area (Å²) in [5, 5.41) is 0. The Morgan fingerprint density at radius 1 is 1.37 bits per heavy atom. The number of benzene rings is 1. The SMILES string of the molecule is Cc1cc(C)c2oc(C3(N)CCCC(C)C3)nc2c1. The van der Waals surface area contributed by atoms with Crippen LogP contribution in [0.2, 0.25) is 0 Å². The summed E-state index contributed by atoms with van der Waals surface area (Å²) in [5.41, 5.74) is 10.4. The Balaban J connectivity index is 2.08. The van der Waals surface area contributed by atoms with Crippen molar-refractivity contribution >= 4 is 11.1 Å². The third-order valence-corrected chi connectivity index (χ3v) is 4.28. The Morgan fingerprint density at radius 2 is 2.16 bits per heavy atom. The van der Waals surface area contributed by atoms with Crippen LogP contribution in [0.25, 0.3) is 11.1 Å². The molecule has 0 spiro atoms. The number of rotatable bonds is 1. The lowest BCUT2D eigenvalue weighted by molar-refractivity contribution is 0.201. The first-order chi connectivity index (χ1) is 8.98. The molecule has 2 N–H and O–H groups in total. The second kappa shape index (κ2) is 4.34. The maximum Gasteiger partial charge on any atom is 0.215 e. The number of fused-ring (bicyclic) bond motifs is 1. The number of hydrogen-bond donors (Lipinski definition) is 1. The van der Waals surface area contributed by atoms with Crippen LogP contribution in [0.15, 0.2) is 16.5 Å². The Hall–Kier alpha value is -1.35. The number of aromatic nitrogens is 1. The molecule has 0 aliphatic heterocycles. The average Bonchev–Trinajstić information content (AvgIpc) is 2.73. The van der Waals surface area contributed by atoms with Gasteiger partial charge >= 0.3 is 0 Å². The lowest BCUT2D eigenvalue weighted by Crippen LogP contribution is -2.41. The third-order valence-electron chi connectivity index (χ3n) is 4.28. The second-order valence-electron chi connectivity index (χ2n) is 6.31. The minimum absolute atomic E-state index is 0.378. The van der Waals surface area contributed by atoms with Gasteiger partial charge in [-0.3, -0.25) is 0 Å². The van der Waals surface area contributed by atoms with Crippen molar-refractivity contribution in [2.75, 3.05) is 0 Å². The van der Waals surface area contributed by atoms with Gasteiger partial charge in [0.25, 0.3) is 0 Å². The third kappa shape index (κ3) is 2.16. The summed E-state index contributed by atoms with van der Waals surface area (Å²) >= 11 is 0. The molecule has 0 bridgehead atoms. The van der Waals surface area contributed by atoms with Crippen molar-refractivity contribution in [2.24, 2.45) is 11.7 Å². The topological polar surface area (TPSA) is 52.0 Å². The van der Waals surface area contributed by atoms with Crippen LogP contribution in [-0.4, -0.2) is 4.98 Å². The van der Waals surface area contributed by atoms with Gasteiger partial charge < -0.3 is 10.2 Å². The molecule has 1 aliphatic carbocycles. The van der Waals surface area contributed by atoms with E-state index in [0.29, 0.717) is 5.92 Å². The van der Waals surface area contributed by atoms with Gasteiger partial charge in [-0.25, -0.2) is 4.98 Å². The monoisotopic (exact) mass is 258 g/mol. The van der Waals surface area contributed by atoms with Crippen molar-refractivity contribution in [3.05, 3.63) is 29.2 Å². The van der Waals surface area contributed by atoms with Crippen molar-refractivity contribution in [1.29, 1.82) is 0 Å². The molecule has 3 rings (SSSR count). The quantitative estimate of drug-likeness (QED) is 0.846. The molecule has 1 heterocycles. The van der Waals surface area contributed by atoms with E-state index in [4.69, 9.17) is 10.2 Å². The molecule has 102 valence electrons. The minimum Gasteiger partial charge on any atom is -0.438 e. The maximum atomic E-state index is 6.57. The predicted molar refractivity (Wildman–Crippen MR) is 77.0 cm³/mol. The normalized spacial score (nSPS) is 27.9. The summed E-state index contributed by atoms with van der Waals surface area (Å²) in [6, 6.07) is 4.20. The van der Waals surface area contributed by atoms with Crippen LogP contribution in [-0.2, 0) is 5.54 Å². The van der Waals surface area contributed by atoms with Crippen molar-refractivity contribution < 1.29 is 4.42 Å². The number of hydrogen-bond acceptors (Lipinski definition) is 3. The molecule has 1 aromatic heterocycles. The molecule has 0 saturated heterocycles. The molecule has 3 heteroatoms. The lowest BCUT2D eigenvalue weighted by atomic mass is 9.77. The van der Waals surface area contributed by atoms with E-state index in [2.05, 4.69) is 37.9 Å². The summed E-state index contributed by atoms with van der Waals surface area (Å²) in [4.78, 5) is 4.67. The zero-order chi connectivity index (χ0) is 13.6. The van der Waals surface area contributed by atoms with Gasteiger partial charge in [-0.15, -0.1) is 0 Å². The highest BCUT2D eigenvalue weighted by molar-refractivity contribution is 5.77. The zero-order valence-corrected chi connectivity index (χ0v) is 12.0. The molecule has 3 nitrogen and oxygen atoms in total. The Kier molecular flexibility index (Phi) is 2.90. The molecule has 1 aliphatic rings. The summed E-state index contributed by atoms with van der Waals surface area (Å²) < 4.78 is 6.01. The molecule has 1 aromatic carbocycles. The summed E-state index contributed by atoms with van der Waals surface area (Å²) in [6.07, 6.45) is 4.37. The van der Waals surface area contributed by atoms with Crippen LogP contribution < -0.4 is 5.73 Å². The smallest absolute Gasteiger partial charge is 0.215 e. The van der Waals surface area contributed by atoms with Crippen LogP contribution in [0.5, 0.6) is 0 Å². The lowest BCUT2D eigenvalue weighted by Gasteiger charge is -2.33. The summed E-state index contributed by atoms with van der Waals surface area (Å²) in [7, 11) is 0. The fourth-order valence-corrected chi connectivity index (χ4v) is 3.38. The largest absolute Gasteiger partial charge is 0.438 e. The highest BCUT2D eigenvalue weighted by Crippen LogP contribution is 2.38. The van der Waals surface area contributed by atoms with Gasteiger partial charge in [0.15, 0.2) is 5.58 Å². The summed E-state index contributed by atoms with van der Waals surface area (Å²) in [6.45, 7) is 6.41. The fourth-order valence-electron chi connectivity index (χ4n) is 3.38. The molecule has 2 atom stereocenters. The Morgan fingerprint density at radius 3 is 2.89 bits per heavy atom. The van der Waals surface area contributed by atoms with Crippen molar-refractivity contribution in [1.82, 2.24) is 4.98 Å². The van der Waals surface area contributed by atoms with Gasteiger partial charge in [0.1, 0.15) is 5.52 Å². The first-order valence-electron chi connectivity index (χ1n) is 7.15. The number of nitrogens with zero attached hydrogens (tertiary/aromatic N) is 1. The van der Waals surface area contributed by atoms with E-state index >= 15 is 0 Å². The van der Waals surface area contributed by atoms with E-state index < -0.39 is 0 Å². The molecule has 1 fully saturated rings. The van der Waals surface area contributed by atoms with Crippen LogP contribution in [0.4, 0.5) is 0 Å². The van der Waals surface area contributed by atoms with E-state index in [1.165, 1.54) is 12.0 Å². The van der Waals surface area contributed by atoms with Crippen molar-refractivity contribution in [2.45, 2.75) is 52.0 Å². The number of nitrogens with two attached hydrogens (primary N) is 1. The van der Waals surface area contributed by atoms with Crippen LogP contribution in [0.3, 0.4) is 0 Å². The predicted octanol–water partition coefficient (Wildman–Crippen LogP) is 3.81. The van der Waals surface area contributed by atoms with Gasteiger partial charge in [0.2, 0.25) is 5.89 Å². The van der Waals surface area contributed by atoms with E-state index in [1.54, 1.807) is 0 Å². The zero-order valence-electron chi connectivity index (χ0n) is 12.0. The number of oxazole rings is 1. The molecule has 0 radical (unpaired) electrons. The molecule has 1 saturated carbocycles. The molecule has 19 heavy (non-hydrogen) atoms. The molecule has 2 unspecified atom stereocenters. The van der Waals surface area contributed by atoms with Gasteiger partial charge in [-0.05, 0) is 49.8 Å². The van der Waals surface area contributed by atoms with Gasteiger partial charge in [-0.1, -0.05) is 25.8 Å². The van der Waals surface area contributed by atoms with Gasteiger partial charge in [0, 0.05) is 0 Å². The van der Waals surface area contributed by atoms with Crippen molar-refractivity contribution in [3.63, 3.8) is 0 Å². The first kappa shape index (κ1) is 12.7. The van der Waals surface area contributed by atoms with E-state index in [9.17, 15) is 0 Å². The van der Waals surface area contributed by atoms with E-state index in [-0.39, 0.29) is 5.54 Å². The van der Waals surface area contributed by atoms with Crippen molar-refractivity contribution in [3.8, 4) is 0 Å². The summed E-state index contributed by atoms with van der Waals surface area (Å²) in [5.74, 6) is 1.37. The number of aryl methyl sites for hydroxylation is 2. The second-order valence-corrected chi connectivity index (χ2v) is 6.31. The highest BCUT2D eigenvalue weighted by Gasteiger charge is 2.37. The maximum absolute atomic E-state index is 6.57. The molecule has 2 aromatic rings. The van der Waals surface area contributed by atoms with Gasteiger partial charge in [0.05, 0.1) is 5.54 Å². The fraction of sp³-hybridized carbons (Fsp3) is 0.562. The first-order valence-corrected chi connectivity index (χ1v) is 7.15. The highest BCUT2D eigenvalue weighted by atomic mass is 16.4. The van der Waals surface area contributed by atoms with Crippen LogP contribution in [0, 0.1) is 19.8 Å². The molecular formula is C16H22N2O. The van der Waals surface area contributed by atoms with Gasteiger partial charge in [-0.2, -0.15) is 0 Å². The molecule has 0 amide bonds. The Labute approximate surface area is 114 Å². The standard InChI is InChI=1S/C16H22N2O/c1-10-5-4-6-16(17,9-10)15-18-13-8-11(2)7-12(3)14(13)19-15/h7-8,10H,4-6,9,17H2,1-3H3.